The van der Waals surface area contributed by atoms with Crippen molar-refractivity contribution >= 4 is 11.6 Å². The van der Waals surface area contributed by atoms with Crippen molar-refractivity contribution < 1.29 is 0 Å². The molecule has 1 aliphatic rings. The fraction of sp³-hybridized carbons (Fsp3) is 0.625. The molecule has 0 aromatic heterocycles. The molecule has 0 radical (unpaired) electrons. The smallest absolute Gasteiger partial charge is 0.0409 e. The van der Waals surface area contributed by atoms with E-state index < -0.39 is 0 Å². The molecule has 18 heavy (non-hydrogen) atoms. The van der Waals surface area contributed by atoms with Gasteiger partial charge in [0, 0.05) is 17.1 Å². The lowest BCUT2D eigenvalue weighted by Gasteiger charge is -2.41. The van der Waals surface area contributed by atoms with Crippen molar-refractivity contribution in [3.63, 3.8) is 0 Å². The fourth-order valence-electron chi connectivity index (χ4n) is 2.98. The van der Waals surface area contributed by atoms with Crippen LogP contribution in [0, 0.1) is 5.41 Å². The predicted molar refractivity (Wildman–Crippen MR) is 79.0 cm³/mol. The van der Waals surface area contributed by atoms with Gasteiger partial charge in [0.2, 0.25) is 0 Å². The number of nitrogens with one attached hydrogen (secondary N) is 1. The van der Waals surface area contributed by atoms with Crippen LogP contribution in [0.25, 0.3) is 0 Å². The highest BCUT2D eigenvalue weighted by Gasteiger charge is 2.32. The molecule has 0 spiro atoms. The van der Waals surface area contributed by atoms with E-state index in [2.05, 4.69) is 38.2 Å². The van der Waals surface area contributed by atoms with Crippen molar-refractivity contribution in [1.29, 1.82) is 0 Å². The molecule has 1 N–H and O–H groups in total. The zero-order valence-corrected chi connectivity index (χ0v) is 12.4. The zero-order chi connectivity index (χ0) is 13.2. The van der Waals surface area contributed by atoms with Crippen LogP contribution < -0.4 is 5.32 Å². The molecular formula is C16H24ClN. The Morgan fingerprint density at radius 1 is 1.33 bits per heavy atom. The van der Waals surface area contributed by atoms with Gasteiger partial charge in [-0.15, -0.1) is 0 Å². The standard InChI is InChI=1S/C16H24ClN/c1-12(13-7-6-8-14(17)11-13)18-15-9-4-5-10-16(15,2)3/h6-8,11-12,15,18H,4-5,9-10H2,1-3H3/t12-,15?/m1/s1. The number of halogens is 1. The molecule has 2 rings (SSSR count). The second-order valence-corrected chi connectivity index (χ2v) is 6.67. The Labute approximate surface area is 116 Å². The average Bonchev–Trinajstić information content (AvgIpc) is 2.31. The minimum Gasteiger partial charge on any atom is -0.307 e. The third-order valence-corrected chi connectivity index (χ3v) is 4.54. The molecule has 100 valence electrons. The molecule has 1 aromatic carbocycles. The lowest BCUT2D eigenvalue weighted by atomic mass is 9.73. The molecule has 0 heterocycles. The van der Waals surface area contributed by atoms with Crippen LogP contribution in [-0.4, -0.2) is 6.04 Å². The van der Waals surface area contributed by atoms with Crippen LogP contribution in [0.2, 0.25) is 5.02 Å². The summed E-state index contributed by atoms with van der Waals surface area (Å²) < 4.78 is 0. The van der Waals surface area contributed by atoms with Crippen LogP contribution in [-0.2, 0) is 0 Å². The maximum absolute atomic E-state index is 6.06. The van der Waals surface area contributed by atoms with Crippen LogP contribution in [0.5, 0.6) is 0 Å². The summed E-state index contributed by atoms with van der Waals surface area (Å²) in [5.74, 6) is 0. The topological polar surface area (TPSA) is 12.0 Å². The normalized spacial score (nSPS) is 24.8. The van der Waals surface area contributed by atoms with Crippen molar-refractivity contribution in [3.8, 4) is 0 Å². The van der Waals surface area contributed by atoms with Gasteiger partial charge in [-0.05, 0) is 42.9 Å². The Bertz CT molecular complexity index is 400. The zero-order valence-electron chi connectivity index (χ0n) is 11.7. The van der Waals surface area contributed by atoms with Crippen molar-refractivity contribution in [1.82, 2.24) is 5.32 Å². The number of benzene rings is 1. The van der Waals surface area contributed by atoms with Crippen LogP contribution in [0.3, 0.4) is 0 Å². The van der Waals surface area contributed by atoms with E-state index in [-0.39, 0.29) is 0 Å². The lowest BCUT2D eigenvalue weighted by molar-refractivity contribution is 0.157. The molecule has 0 saturated heterocycles. The highest BCUT2D eigenvalue weighted by atomic mass is 35.5. The van der Waals surface area contributed by atoms with Crippen LogP contribution >= 0.6 is 11.6 Å². The summed E-state index contributed by atoms with van der Waals surface area (Å²) in [5, 5.41) is 4.62. The Balaban J connectivity index is 2.04. The van der Waals surface area contributed by atoms with Crippen molar-refractivity contribution in [2.45, 2.75) is 58.5 Å². The third kappa shape index (κ3) is 3.27. The first-order valence-corrected chi connectivity index (χ1v) is 7.38. The van der Waals surface area contributed by atoms with Gasteiger partial charge in [0.25, 0.3) is 0 Å². The van der Waals surface area contributed by atoms with E-state index in [9.17, 15) is 0 Å². The van der Waals surface area contributed by atoms with Crippen molar-refractivity contribution in [2.24, 2.45) is 5.41 Å². The largest absolute Gasteiger partial charge is 0.307 e. The Morgan fingerprint density at radius 3 is 2.78 bits per heavy atom. The molecular weight excluding hydrogens is 242 g/mol. The summed E-state index contributed by atoms with van der Waals surface area (Å²) in [4.78, 5) is 0. The Morgan fingerprint density at radius 2 is 2.11 bits per heavy atom. The van der Waals surface area contributed by atoms with Crippen LogP contribution in [0.1, 0.15) is 58.1 Å². The maximum atomic E-state index is 6.06. The second kappa shape index (κ2) is 5.63. The van der Waals surface area contributed by atoms with Crippen LogP contribution in [0.4, 0.5) is 0 Å². The molecule has 0 amide bonds. The molecule has 0 bridgehead atoms. The molecule has 1 fully saturated rings. The predicted octanol–water partition coefficient (Wildman–Crippen LogP) is 4.96. The molecule has 1 saturated carbocycles. The molecule has 1 unspecified atom stereocenters. The molecule has 1 aliphatic carbocycles. The SMILES string of the molecule is C[C@@H](NC1CCCCC1(C)C)c1cccc(Cl)c1. The fourth-order valence-corrected chi connectivity index (χ4v) is 3.18. The Kier molecular flexibility index (Phi) is 4.34. The van der Waals surface area contributed by atoms with Gasteiger partial charge in [0.15, 0.2) is 0 Å². The first-order chi connectivity index (χ1) is 8.49. The van der Waals surface area contributed by atoms with Gasteiger partial charge in [0.1, 0.15) is 0 Å². The second-order valence-electron chi connectivity index (χ2n) is 6.23. The minimum atomic E-state index is 0.367. The summed E-state index contributed by atoms with van der Waals surface area (Å²) in [6.07, 6.45) is 5.34. The highest BCUT2D eigenvalue weighted by molar-refractivity contribution is 6.30. The maximum Gasteiger partial charge on any atom is 0.0409 e. The summed E-state index contributed by atoms with van der Waals surface area (Å²) in [6.45, 7) is 7.00. The van der Waals surface area contributed by atoms with E-state index in [0.717, 1.165) is 5.02 Å². The van der Waals surface area contributed by atoms with Gasteiger partial charge >= 0.3 is 0 Å². The number of hydrogen-bond acceptors (Lipinski definition) is 1. The third-order valence-electron chi connectivity index (χ3n) is 4.31. The van der Waals surface area contributed by atoms with E-state index in [1.807, 2.05) is 12.1 Å². The van der Waals surface area contributed by atoms with E-state index in [1.54, 1.807) is 0 Å². The molecule has 0 aliphatic heterocycles. The summed E-state index contributed by atoms with van der Waals surface area (Å²) in [6, 6.07) is 9.16. The van der Waals surface area contributed by atoms with Crippen molar-refractivity contribution in [3.05, 3.63) is 34.9 Å². The summed E-state index contributed by atoms with van der Waals surface area (Å²) >= 11 is 6.06. The van der Waals surface area contributed by atoms with Gasteiger partial charge in [-0.1, -0.05) is 50.4 Å². The first kappa shape index (κ1) is 13.9. The lowest BCUT2D eigenvalue weighted by Crippen LogP contribution is -2.45. The van der Waals surface area contributed by atoms with Crippen LogP contribution in [0.15, 0.2) is 24.3 Å². The van der Waals surface area contributed by atoms with Gasteiger partial charge in [0.05, 0.1) is 0 Å². The van der Waals surface area contributed by atoms with E-state index >= 15 is 0 Å². The molecule has 2 heteroatoms. The minimum absolute atomic E-state index is 0.367. The highest BCUT2D eigenvalue weighted by Crippen LogP contribution is 2.36. The quantitative estimate of drug-likeness (QED) is 0.815. The molecule has 1 aromatic rings. The van der Waals surface area contributed by atoms with Crippen molar-refractivity contribution in [2.75, 3.05) is 0 Å². The molecule has 2 atom stereocenters. The van der Waals surface area contributed by atoms with Gasteiger partial charge in [-0.2, -0.15) is 0 Å². The van der Waals surface area contributed by atoms with Gasteiger partial charge < -0.3 is 5.32 Å². The van der Waals surface area contributed by atoms with E-state index in [4.69, 9.17) is 11.6 Å². The van der Waals surface area contributed by atoms with E-state index in [0.29, 0.717) is 17.5 Å². The summed E-state index contributed by atoms with van der Waals surface area (Å²) in [5.41, 5.74) is 1.69. The van der Waals surface area contributed by atoms with Gasteiger partial charge in [-0.3, -0.25) is 0 Å². The summed E-state index contributed by atoms with van der Waals surface area (Å²) in [7, 11) is 0. The number of rotatable bonds is 3. The van der Waals surface area contributed by atoms with Gasteiger partial charge in [-0.25, -0.2) is 0 Å². The average molecular weight is 266 g/mol. The first-order valence-electron chi connectivity index (χ1n) is 7.00. The Hall–Kier alpha value is -0.530. The van der Waals surface area contributed by atoms with E-state index in [1.165, 1.54) is 31.2 Å². The monoisotopic (exact) mass is 265 g/mol. The number of hydrogen-bond donors (Lipinski definition) is 1. The molecule has 1 nitrogen and oxygen atoms in total.